The number of halogens is 1. The van der Waals surface area contributed by atoms with Gasteiger partial charge in [0.05, 0.1) is 11.0 Å². The number of amides is 1. The maximum Gasteiger partial charge on any atom is 0.255 e. The lowest BCUT2D eigenvalue weighted by Crippen LogP contribution is -2.29. The van der Waals surface area contributed by atoms with Gasteiger partial charge in [0.25, 0.3) is 5.91 Å². The van der Waals surface area contributed by atoms with Crippen LogP contribution >= 0.6 is 23.7 Å². The number of hydrogen-bond acceptors (Lipinski definition) is 5. The fraction of sp³-hybridized carbons (Fsp3) is 0.333. The zero-order valence-electron chi connectivity index (χ0n) is 11.9. The largest absolute Gasteiger partial charge is 0.364 e. The van der Waals surface area contributed by atoms with E-state index >= 15 is 0 Å². The number of aromatic nitrogens is 1. The molecule has 2 atom stereocenters. The third-order valence-electron chi connectivity index (χ3n) is 3.46. The minimum Gasteiger partial charge on any atom is -0.364 e. The van der Waals surface area contributed by atoms with Crippen molar-refractivity contribution in [1.82, 2.24) is 4.98 Å². The van der Waals surface area contributed by atoms with E-state index in [0.717, 1.165) is 16.9 Å². The summed E-state index contributed by atoms with van der Waals surface area (Å²) in [7, 11) is 0. The number of thiazole rings is 1. The van der Waals surface area contributed by atoms with Gasteiger partial charge in [0, 0.05) is 12.7 Å². The molecular weight excluding hydrogens is 322 g/mol. The zero-order chi connectivity index (χ0) is 14.7. The Kier molecular flexibility index (Phi) is 5.90. The molecule has 1 saturated heterocycles. The Bertz CT molecular complexity index is 620. The third-order valence-corrected chi connectivity index (χ3v) is 4.42. The van der Waals surface area contributed by atoms with Crippen LogP contribution in [0.15, 0.2) is 36.5 Å². The average Bonchev–Trinajstić information content (AvgIpc) is 3.17. The summed E-state index contributed by atoms with van der Waals surface area (Å²) in [5, 5.41) is 3.42. The SMILES string of the molecule is Cl.NC[C@H]1CC[C@@H](C(=O)Nc2ncc(-c3ccccc3)s2)O1. The number of nitrogens with two attached hydrogens (primary N) is 1. The Hall–Kier alpha value is -1.47. The second kappa shape index (κ2) is 7.69. The summed E-state index contributed by atoms with van der Waals surface area (Å²) in [6, 6.07) is 9.97. The highest BCUT2D eigenvalue weighted by Crippen LogP contribution is 2.29. The van der Waals surface area contributed by atoms with Gasteiger partial charge in [0.1, 0.15) is 6.10 Å². The van der Waals surface area contributed by atoms with Crippen molar-refractivity contribution in [1.29, 1.82) is 0 Å². The summed E-state index contributed by atoms with van der Waals surface area (Å²) < 4.78 is 5.58. The molecule has 0 aliphatic carbocycles. The van der Waals surface area contributed by atoms with Crippen LogP contribution < -0.4 is 11.1 Å². The number of carbonyl (C=O) groups excluding carboxylic acids is 1. The topological polar surface area (TPSA) is 77.2 Å². The lowest BCUT2D eigenvalue weighted by Gasteiger charge is -2.11. The van der Waals surface area contributed by atoms with Gasteiger partial charge in [-0.05, 0) is 18.4 Å². The standard InChI is InChI=1S/C15H17N3O2S.ClH/c16-8-11-6-7-12(20-11)14(19)18-15-17-9-13(21-15)10-4-2-1-3-5-10;/h1-5,9,11-12H,6-8,16H2,(H,17,18,19);1H/t11-,12+;/m1./s1. The van der Waals surface area contributed by atoms with Gasteiger partial charge in [0.2, 0.25) is 0 Å². The van der Waals surface area contributed by atoms with Gasteiger partial charge in [-0.15, -0.1) is 12.4 Å². The summed E-state index contributed by atoms with van der Waals surface area (Å²) in [6.07, 6.45) is 2.90. The summed E-state index contributed by atoms with van der Waals surface area (Å²) in [5.41, 5.74) is 6.64. The molecule has 5 nitrogen and oxygen atoms in total. The molecule has 3 rings (SSSR count). The van der Waals surface area contributed by atoms with Gasteiger partial charge in [-0.1, -0.05) is 41.7 Å². The van der Waals surface area contributed by atoms with E-state index in [1.807, 2.05) is 30.3 Å². The number of ether oxygens (including phenoxy) is 1. The molecule has 1 aliphatic rings. The molecule has 7 heteroatoms. The number of nitrogens with one attached hydrogen (secondary N) is 1. The monoisotopic (exact) mass is 339 g/mol. The molecular formula is C15H18ClN3O2S. The predicted octanol–water partition coefficient (Wildman–Crippen LogP) is 2.68. The lowest BCUT2D eigenvalue weighted by atomic mass is 10.2. The van der Waals surface area contributed by atoms with Crippen LogP contribution in [-0.2, 0) is 9.53 Å². The van der Waals surface area contributed by atoms with Gasteiger partial charge in [0.15, 0.2) is 5.13 Å². The van der Waals surface area contributed by atoms with Crippen molar-refractivity contribution in [3.63, 3.8) is 0 Å². The minimum absolute atomic E-state index is 0. The summed E-state index contributed by atoms with van der Waals surface area (Å²) in [6.45, 7) is 0.458. The van der Waals surface area contributed by atoms with Gasteiger partial charge < -0.3 is 10.5 Å². The maximum atomic E-state index is 12.1. The van der Waals surface area contributed by atoms with E-state index in [9.17, 15) is 4.79 Å². The molecule has 3 N–H and O–H groups in total. The molecule has 2 heterocycles. The number of nitrogens with zero attached hydrogens (tertiary/aromatic N) is 1. The molecule has 1 fully saturated rings. The smallest absolute Gasteiger partial charge is 0.255 e. The van der Waals surface area contributed by atoms with Gasteiger partial charge in [-0.25, -0.2) is 4.98 Å². The molecule has 0 spiro atoms. The van der Waals surface area contributed by atoms with Crippen LogP contribution in [0.2, 0.25) is 0 Å². The van der Waals surface area contributed by atoms with Crippen LogP contribution in [0.3, 0.4) is 0 Å². The number of anilines is 1. The first-order valence-corrected chi connectivity index (χ1v) is 7.75. The molecule has 1 aliphatic heterocycles. The van der Waals surface area contributed by atoms with Crippen LogP contribution in [0.4, 0.5) is 5.13 Å². The Morgan fingerprint density at radius 2 is 2.14 bits per heavy atom. The first-order valence-electron chi connectivity index (χ1n) is 6.94. The highest BCUT2D eigenvalue weighted by Gasteiger charge is 2.30. The van der Waals surface area contributed by atoms with Crippen molar-refractivity contribution >= 4 is 34.8 Å². The molecule has 0 saturated carbocycles. The van der Waals surface area contributed by atoms with E-state index in [1.165, 1.54) is 11.3 Å². The fourth-order valence-corrected chi connectivity index (χ4v) is 3.15. The number of hydrogen-bond donors (Lipinski definition) is 2. The van der Waals surface area contributed by atoms with Crippen LogP contribution in [0.1, 0.15) is 12.8 Å². The van der Waals surface area contributed by atoms with E-state index in [4.69, 9.17) is 10.5 Å². The van der Waals surface area contributed by atoms with Crippen LogP contribution in [0.25, 0.3) is 10.4 Å². The molecule has 22 heavy (non-hydrogen) atoms. The third kappa shape index (κ3) is 3.84. The van der Waals surface area contributed by atoms with Crippen LogP contribution in [-0.4, -0.2) is 29.6 Å². The van der Waals surface area contributed by atoms with Crippen LogP contribution in [0, 0.1) is 0 Å². The minimum atomic E-state index is -0.414. The number of rotatable bonds is 4. The zero-order valence-corrected chi connectivity index (χ0v) is 13.5. The van der Waals surface area contributed by atoms with Gasteiger partial charge in [-0.2, -0.15) is 0 Å². The normalized spacial score (nSPS) is 20.4. The Labute approximate surface area is 139 Å². The second-order valence-corrected chi connectivity index (χ2v) is 5.98. The maximum absolute atomic E-state index is 12.1. The number of carbonyl (C=O) groups is 1. The Balaban J connectivity index is 0.00000176. The highest BCUT2D eigenvalue weighted by atomic mass is 35.5. The Morgan fingerprint density at radius 1 is 1.36 bits per heavy atom. The van der Waals surface area contributed by atoms with E-state index in [2.05, 4.69) is 10.3 Å². The molecule has 1 amide bonds. The number of benzene rings is 1. The first-order chi connectivity index (χ1) is 10.3. The van der Waals surface area contributed by atoms with Gasteiger partial charge >= 0.3 is 0 Å². The highest BCUT2D eigenvalue weighted by molar-refractivity contribution is 7.19. The van der Waals surface area contributed by atoms with E-state index in [0.29, 0.717) is 18.1 Å². The summed E-state index contributed by atoms with van der Waals surface area (Å²) in [5.74, 6) is -0.139. The molecule has 118 valence electrons. The molecule has 0 bridgehead atoms. The van der Waals surface area contributed by atoms with E-state index in [1.54, 1.807) is 6.20 Å². The van der Waals surface area contributed by atoms with Crippen molar-refractivity contribution in [3.8, 4) is 10.4 Å². The lowest BCUT2D eigenvalue weighted by molar-refractivity contribution is -0.126. The molecule has 0 radical (unpaired) electrons. The summed E-state index contributed by atoms with van der Waals surface area (Å²) >= 11 is 1.46. The van der Waals surface area contributed by atoms with E-state index < -0.39 is 6.10 Å². The Morgan fingerprint density at radius 3 is 2.82 bits per heavy atom. The second-order valence-electron chi connectivity index (χ2n) is 4.94. The quantitative estimate of drug-likeness (QED) is 0.897. The van der Waals surface area contributed by atoms with Crippen molar-refractivity contribution in [2.45, 2.75) is 25.0 Å². The van der Waals surface area contributed by atoms with Crippen molar-refractivity contribution in [2.24, 2.45) is 5.73 Å². The van der Waals surface area contributed by atoms with Crippen LogP contribution in [0.5, 0.6) is 0 Å². The van der Waals surface area contributed by atoms with Crippen molar-refractivity contribution in [3.05, 3.63) is 36.5 Å². The van der Waals surface area contributed by atoms with E-state index in [-0.39, 0.29) is 24.4 Å². The average molecular weight is 340 g/mol. The predicted molar refractivity (Wildman–Crippen MR) is 90.4 cm³/mol. The summed E-state index contributed by atoms with van der Waals surface area (Å²) in [4.78, 5) is 17.4. The molecule has 1 aromatic carbocycles. The van der Waals surface area contributed by atoms with Crippen molar-refractivity contribution in [2.75, 3.05) is 11.9 Å². The van der Waals surface area contributed by atoms with Crippen molar-refractivity contribution < 1.29 is 9.53 Å². The molecule has 2 aromatic rings. The molecule has 1 aromatic heterocycles. The van der Waals surface area contributed by atoms with Gasteiger partial charge in [-0.3, -0.25) is 10.1 Å². The first kappa shape index (κ1) is 16.9. The molecule has 0 unspecified atom stereocenters. The fourth-order valence-electron chi connectivity index (χ4n) is 2.33.